The zero-order valence-electron chi connectivity index (χ0n) is 13.3. The maximum atomic E-state index is 11.4. The first-order valence-corrected chi connectivity index (χ1v) is 9.08. The summed E-state index contributed by atoms with van der Waals surface area (Å²) in [6, 6.07) is 0. The maximum Gasteiger partial charge on any atom is 0.193 e. The molecule has 0 spiro atoms. The molecule has 0 aromatic heterocycles. The second kappa shape index (κ2) is 8.97. The van der Waals surface area contributed by atoms with Crippen LogP contribution < -0.4 is 5.32 Å². The fraction of sp³-hybridized carbons (Fsp3) is 0.786. The minimum absolute atomic E-state index is 0. The van der Waals surface area contributed by atoms with Crippen LogP contribution in [0, 0.1) is 5.41 Å². The van der Waals surface area contributed by atoms with Crippen molar-refractivity contribution in [1.29, 1.82) is 0 Å². The van der Waals surface area contributed by atoms with Crippen LogP contribution in [0.2, 0.25) is 0 Å². The van der Waals surface area contributed by atoms with E-state index in [2.05, 4.69) is 21.8 Å². The Morgan fingerprint density at radius 3 is 2.52 bits per heavy atom. The van der Waals surface area contributed by atoms with Gasteiger partial charge >= 0.3 is 0 Å². The Hall–Kier alpha value is -0.310. The summed E-state index contributed by atoms with van der Waals surface area (Å²) < 4.78 is 22.9. The highest BCUT2D eigenvalue weighted by molar-refractivity contribution is 14.0. The molecule has 0 aliphatic heterocycles. The molecular weight excluding hydrogens is 401 g/mol. The normalized spacial score (nSPS) is 16.8. The van der Waals surface area contributed by atoms with Crippen molar-refractivity contribution in [2.24, 2.45) is 10.4 Å². The average molecular weight is 429 g/mol. The van der Waals surface area contributed by atoms with Crippen molar-refractivity contribution in [3.05, 3.63) is 12.7 Å². The van der Waals surface area contributed by atoms with Crippen LogP contribution in [0.1, 0.15) is 25.7 Å². The van der Waals surface area contributed by atoms with Gasteiger partial charge in [-0.25, -0.2) is 8.42 Å². The second-order valence-electron chi connectivity index (χ2n) is 5.82. The summed E-state index contributed by atoms with van der Waals surface area (Å²) in [5, 5.41) is 3.31. The summed E-state index contributed by atoms with van der Waals surface area (Å²) in [7, 11) is 0.831. The SMILES string of the molecule is C=CCCCN(C)C(=NC)NCC1(CS(C)(=O)=O)CC1.I. The molecule has 0 amide bonds. The van der Waals surface area contributed by atoms with Crippen LogP contribution in [0.4, 0.5) is 0 Å². The Kier molecular flexibility index (Phi) is 8.84. The lowest BCUT2D eigenvalue weighted by atomic mass is 10.1. The summed E-state index contributed by atoms with van der Waals surface area (Å²) in [6.45, 7) is 5.30. The third-order valence-corrected chi connectivity index (χ3v) is 4.76. The number of unbranched alkanes of at least 4 members (excludes halogenated alkanes) is 1. The Morgan fingerprint density at radius 1 is 1.48 bits per heavy atom. The molecule has 21 heavy (non-hydrogen) atoms. The van der Waals surface area contributed by atoms with Gasteiger partial charge in [-0.2, -0.15) is 0 Å². The molecule has 1 fully saturated rings. The molecular formula is C14H28IN3O2S. The number of sulfone groups is 1. The number of hydrogen-bond acceptors (Lipinski definition) is 3. The third-order valence-electron chi connectivity index (χ3n) is 3.62. The number of nitrogens with one attached hydrogen (secondary N) is 1. The molecule has 0 unspecified atom stereocenters. The number of hydrogen-bond donors (Lipinski definition) is 1. The van der Waals surface area contributed by atoms with Crippen LogP contribution in [0.5, 0.6) is 0 Å². The minimum atomic E-state index is -2.92. The van der Waals surface area contributed by atoms with Crippen molar-refractivity contribution in [3.63, 3.8) is 0 Å². The molecule has 1 saturated carbocycles. The molecule has 0 aromatic carbocycles. The highest BCUT2D eigenvalue weighted by Crippen LogP contribution is 2.46. The van der Waals surface area contributed by atoms with Crippen LogP contribution in [0.15, 0.2) is 17.6 Å². The van der Waals surface area contributed by atoms with Crippen LogP contribution in [-0.2, 0) is 9.84 Å². The highest BCUT2D eigenvalue weighted by Gasteiger charge is 2.45. The Morgan fingerprint density at radius 2 is 2.10 bits per heavy atom. The van der Waals surface area contributed by atoms with E-state index in [9.17, 15) is 8.42 Å². The lowest BCUT2D eigenvalue weighted by molar-refractivity contribution is 0.453. The maximum absolute atomic E-state index is 11.4. The van der Waals surface area contributed by atoms with Crippen molar-refractivity contribution in [2.45, 2.75) is 25.7 Å². The molecule has 7 heteroatoms. The summed E-state index contributed by atoms with van der Waals surface area (Å²) >= 11 is 0. The third kappa shape index (κ3) is 8.04. The fourth-order valence-corrected chi connectivity index (χ4v) is 3.84. The average Bonchev–Trinajstić information content (AvgIpc) is 3.08. The molecule has 1 N–H and O–H groups in total. The summed E-state index contributed by atoms with van der Waals surface area (Å²) in [5.74, 6) is 1.10. The number of aliphatic imine (C=N–C) groups is 1. The molecule has 0 radical (unpaired) electrons. The van der Waals surface area contributed by atoms with Crippen LogP contribution in [-0.4, -0.2) is 58.5 Å². The van der Waals surface area contributed by atoms with Gasteiger partial charge in [0.2, 0.25) is 0 Å². The summed E-state index contributed by atoms with van der Waals surface area (Å²) in [5.41, 5.74) is -0.0779. The van der Waals surface area contributed by atoms with Crippen molar-refractivity contribution >= 4 is 39.8 Å². The molecule has 5 nitrogen and oxygen atoms in total. The minimum Gasteiger partial charge on any atom is -0.356 e. The molecule has 1 rings (SSSR count). The first kappa shape index (κ1) is 20.7. The molecule has 0 heterocycles. The van der Waals surface area contributed by atoms with E-state index in [4.69, 9.17) is 0 Å². The van der Waals surface area contributed by atoms with Gasteiger partial charge in [0.1, 0.15) is 9.84 Å². The molecule has 1 aliphatic rings. The van der Waals surface area contributed by atoms with Gasteiger partial charge in [0.25, 0.3) is 0 Å². The first-order chi connectivity index (χ1) is 9.32. The van der Waals surface area contributed by atoms with Crippen LogP contribution >= 0.6 is 24.0 Å². The monoisotopic (exact) mass is 429 g/mol. The number of guanidine groups is 1. The van der Waals surface area contributed by atoms with E-state index >= 15 is 0 Å². The van der Waals surface area contributed by atoms with E-state index in [0.717, 1.165) is 38.2 Å². The van der Waals surface area contributed by atoms with Gasteiger partial charge in [0, 0.05) is 38.9 Å². The second-order valence-corrected chi connectivity index (χ2v) is 7.96. The quantitative estimate of drug-likeness (QED) is 0.211. The van der Waals surface area contributed by atoms with E-state index in [1.54, 1.807) is 7.05 Å². The fourth-order valence-electron chi connectivity index (χ4n) is 2.34. The first-order valence-electron chi connectivity index (χ1n) is 7.02. The number of rotatable bonds is 8. The molecule has 0 bridgehead atoms. The smallest absolute Gasteiger partial charge is 0.193 e. The summed E-state index contributed by atoms with van der Waals surface area (Å²) in [6.07, 6.45) is 7.20. The number of allylic oxidation sites excluding steroid dienone is 1. The molecule has 0 aromatic rings. The zero-order chi connectivity index (χ0) is 15.2. The van der Waals surface area contributed by atoms with Crippen molar-refractivity contribution in [3.8, 4) is 0 Å². The highest BCUT2D eigenvalue weighted by atomic mass is 127. The van der Waals surface area contributed by atoms with Gasteiger partial charge in [-0.1, -0.05) is 6.08 Å². The molecule has 0 atom stereocenters. The van der Waals surface area contributed by atoms with E-state index in [0.29, 0.717) is 6.54 Å². The Bertz CT molecular complexity index is 459. The van der Waals surface area contributed by atoms with Gasteiger partial charge in [0.05, 0.1) is 5.75 Å². The van der Waals surface area contributed by atoms with Gasteiger partial charge < -0.3 is 10.2 Å². The zero-order valence-corrected chi connectivity index (χ0v) is 16.4. The Labute approximate surface area is 146 Å². The Balaban J connectivity index is 0.00000400. The van der Waals surface area contributed by atoms with Gasteiger partial charge in [-0.05, 0) is 25.7 Å². The van der Waals surface area contributed by atoms with Gasteiger partial charge in [-0.15, -0.1) is 30.6 Å². The van der Waals surface area contributed by atoms with Crippen molar-refractivity contribution in [2.75, 3.05) is 39.2 Å². The lowest BCUT2D eigenvalue weighted by Crippen LogP contribution is -2.43. The summed E-state index contributed by atoms with van der Waals surface area (Å²) in [4.78, 5) is 6.32. The van der Waals surface area contributed by atoms with E-state index in [1.807, 2.05) is 13.1 Å². The van der Waals surface area contributed by atoms with Crippen LogP contribution in [0.3, 0.4) is 0 Å². The van der Waals surface area contributed by atoms with Crippen LogP contribution in [0.25, 0.3) is 0 Å². The predicted molar refractivity (Wildman–Crippen MR) is 100 cm³/mol. The molecule has 1 aliphatic carbocycles. The van der Waals surface area contributed by atoms with E-state index < -0.39 is 9.84 Å². The number of nitrogens with zero attached hydrogens (tertiary/aromatic N) is 2. The van der Waals surface area contributed by atoms with Crippen molar-refractivity contribution < 1.29 is 8.42 Å². The molecule has 124 valence electrons. The lowest BCUT2D eigenvalue weighted by Gasteiger charge is -2.24. The predicted octanol–water partition coefficient (Wildman–Crippen LogP) is 1.90. The van der Waals surface area contributed by atoms with Gasteiger partial charge in [0.15, 0.2) is 5.96 Å². The largest absolute Gasteiger partial charge is 0.356 e. The van der Waals surface area contributed by atoms with Crippen molar-refractivity contribution in [1.82, 2.24) is 10.2 Å². The number of halogens is 1. The standard InChI is InChI=1S/C14H27N3O2S.HI/c1-5-6-7-10-17(3)13(15-2)16-11-14(8-9-14)12-20(4,18)19;/h5H,1,6-12H2,2-4H3,(H,15,16);1H. The molecule has 0 saturated heterocycles. The topological polar surface area (TPSA) is 61.8 Å². The van der Waals surface area contributed by atoms with E-state index in [1.165, 1.54) is 6.26 Å². The van der Waals surface area contributed by atoms with Gasteiger partial charge in [-0.3, -0.25) is 4.99 Å². The van der Waals surface area contributed by atoms with E-state index in [-0.39, 0.29) is 35.1 Å².